The van der Waals surface area contributed by atoms with E-state index in [1.54, 1.807) is 12.1 Å². The molecule has 0 aliphatic carbocycles. The van der Waals surface area contributed by atoms with Crippen molar-refractivity contribution in [1.29, 1.82) is 0 Å². The van der Waals surface area contributed by atoms with E-state index in [0.717, 1.165) is 0 Å². The smallest absolute Gasteiger partial charge is 0.462 e. The molecule has 0 aliphatic rings. The standard InChI is InChI=1S/C12H17O6P/c1-9(2)7-17-12(13)11-5-3-10(4-6-11)8-18-19(14,15)16/h3-6,9H,7-8H2,1-2H3,(H2,14,15,16). The Morgan fingerprint density at radius 1 is 1.26 bits per heavy atom. The van der Waals surface area contributed by atoms with Crippen LogP contribution in [0.2, 0.25) is 0 Å². The summed E-state index contributed by atoms with van der Waals surface area (Å²) in [5, 5.41) is 0. The van der Waals surface area contributed by atoms with E-state index >= 15 is 0 Å². The highest BCUT2D eigenvalue weighted by Gasteiger charge is 2.14. The maximum Gasteiger partial charge on any atom is 0.469 e. The van der Waals surface area contributed by atoms with E-state index in [-0.39, 0.29) is 12.5 Å². The highest BCUT2D eigenvalue weighted by Crippen LogP contribution is 2.36. The van der Waals surface area contributed by atoms with Crippen molar-refractivity contribution < 1.29 is 28.4 Å². The minimum Gasteiger partial charge on any atom is -0.462 e. The first-order chi connectivity index (χ1) is 8.78. The first-order valence-corrected chi connectivity index (χ1v) is 7.27. The van der Waals surface area contributed by atoms with E-state index in [1.165, 1.54) is 12.1 Å². The largest absolute Gasteiger partial charge is 0.469 e. The molecule has 19 heavy (non-hydrogen) atoms. The lowest BCUT2D eigenvalue weighted by molar-refractivity contribution is 0.0458. The molecule has 0 atom stereocenters. The fourth-order valence-electron chi connectivity index (χ4n) is 1.22. The Bertz CT molecular complexity index is 462. The van der Waals surface area contributed by atoms with Gasteiger partial charge < -0.3 is 14.5 Å². The van der Waals surface area contributed by atoms with Crippen LogP contribution in [0.3, 0.4) is 0 Å². The Kier molecular flexibility index (Phi) is 5.69. The van der Waals surface area contributed by atoms with Crippen LogP contribution in [0.5, 0.6) is 0 Å². The van der Waals surface area contributed by atoms with Crippen molar-refractivity contribution in [3.8, 4) is 0 Å². The van der Waals surface area contributed by atoms with Gasteiger partial charge in [0.05, 0.1) is 18.8 Å². The molecule has 6 nitrogen and oxygen atoms in total. The van der Waals surface area contributed by atoms with Crippen LogP contribution < -0.4 is 0 Å². The second kappa shape index (κ2) is 6.82. The lowest BCUT2D eigenvalue weighted by Crippen LogP contribution is -2.10. The molecule has 0 heterocycles. The number of hydrogen-bond acceptors (Lipinski definition) is 4. The summed E-state index contributed by atoms with van der Waals surface area (Å²) >= 11 is 0. The van der Waals surface area contributed by atoms with Gasteiger partial charge in [-0.25, -0.2) is 9.36 Å². The number of benzene rings is 1. The fraction of sp³-hybridized carbons (Fsp3) is 0.417. The summed E-state index contributed by atoms with van der Waals surface area (Å²) in [5.41, 5.74) is 0.948. The molecule has 0 saturated carbocycles. The second-order valence-corrected chi connectivity index (χ2v) is 5.69. The van der Waals surface area contributed by atoms with Crippen molar-refractivity contribution in [3.63, 3.8) is 0 Å². The minimum absolute atomic E-state index is 0.217. The van der Waals surface area contributed by atoms with Gasteiger partial charge in [-0.2, -0.15) is 0 Å². The summed E-state index contributed by atoms with van der Waals surface area (Å²) in [5.74, 6) is -0.156. The molecular weight excluding hydrogens is 271 g/mol. The van der Waals surface area contributed by atoms with E-state index in [1.807, 2.05) is 13.8 Å². The molecule has 0 amide bonds. The van der Waals surface area contributed by atoms with Crippen molar-refractivity contribution >= 4 is 13.8 Å². The maximum atomic E-state index is 11.6. The second-order valence-electron chi connectivity index (χ2n) is 4.45. The normalized spacial score (nSPS) is 11.6. The molecule has 0 saturated heterocycles. The van der Waals surface area contributed by atoms with Gasteiger partial charge in [-0.3, -0.25) is 4.52 Å². The van der Waals surface area contributed by atoms with Crippen LogP contribution in [-0.2, 0) is 20.4 Å². The highest BCUT2D eigenvalue weighted by atomic mass is 31.2. The minimum atomic E-state index is -4.48. The topological polar surface area (TPSA) is 93.1 Å². The SMILES string of the molecule is CC(C)COC(=O)c1ccc(COP(=O)(O)O)cc1. The van der Waals surface area contributed by atoms with Crippen molar-refractivity contribution in [3.05, 3.63) is 35.4 Å². The van der Waals surface area contributed by atoms with Crippen molar-refractivity contribution in [2.24, 2.45) is 5.92 Å². The zero-order chi connectivity index (χ0) is 14.5. The number of ether oxygens (including phenoxy) is 1. The van der Waals surface area contributed by atoms with Gasteiger partial charge in [0.2, 0.25) is 0 Å². The molecule has 106 valence electrons. The summed E-state index contributed by atoms with van der Waals surface area (Å²) in [6.07, 6.45) is 0. The molecule has 1 aromatic rings. The zero-order valence-corrected chi connectivity index (χ0v) is 11.7. The fourth-order valence-corrected chi connectivity index (χ4v) is 1.54. The predicted molar refractivity (Wildman–Crippen MR) is 68.4 cm³/mol. The molecule has 0 bridgehead atoms. The summed E-state index contributed by atoms with van der Waals surface area (Å²) in [4.78, 5) is 28.7. The third-order valence-electron chi connectivity index (χ3n) is 2.14. The Morgan fingerprint density at radius 3 is 2.32 bits per heavy atom. The van der Waals surface area contributed by atoms with Crippen molar-refractivity contribution in [2.75, 3.05) is 6.61 Å². The molecule has 0 radical (unpaired) electrons. The molecule has 1 rings (SSSR count). The van der Waals surface area contributed by atoms with Gasteiger partial charge >= 0.3 is 13.8 Å². The van der Waals surface area contributed by atoms with Gasteiger partial charge in [0.1, 0.15) is 0 Å². The van der Waals surface area contributed by atoms with E-state index < -0.39 is 13.8 Å². The van der Waals surface area contributed by atoms with Gasteiger partial charge in [-0.15, -0.1) is 0 Å². The quantitative estimate of drug-likeness (QED) is 0.615. The molecule has 0 unspecified atom stereocenters. The molecule has 1 aromatic carbocycles. The molecule has 0 aliphatic heterocycles. The number of esters is 1. The molecule has 0 fully saturated rings. The lowest BCUT2D eigenvalue weighted by Gasteiger charge is -2.08. The number of carbonyl (C=O) groups excluding carboxylic acids is 1. The molecule has 0 aromatic heterocycles. The average molecular weight is 288 g/mol. The Labute approximate surface area is 111 Å². The Hall–Kier alpha value is -1.20. The zero-order valence-electron chi connectivity index (χ0n) is 10.8. The average Bonchev–Trinajstić information content (AvgIpc) is 2.33. The van der Waals surface area contributed by atoms with Gasteiger partial charge in [-0.05, 0) is 23.6 Å². The van der Waals surface area contributed by atoms with Crippen LogP contribution in [0, 0.1) is 5.92 Å². The number of hydrogen-bond donors (Lipinski definition) is 2. The first-order valence-electron chi connectivity index (χ1n) is 5.74. The van der Waals surface area contributed by atoms with Crippen LogP contribution in [0.25, 0.3) is 0 Å². The van der Waals surface area contributed by atoms with Crippen LogP contribution in [0.1, 0.15) is 29.8 Å². The van der Waals surface area contributed by atoms with Crippen LogP contribution in [0.4, 0.5) is 0 Å². The van der Waals surface area contributed by atoms with Crippen LogP contribution in [-0.4, -0.2) is 22.4 Å². The number of phosphoric ester groups is 1. The number of rotatable bonds is 6. The lowest BCUT2D eigenvalue weighted by atomic mass is 10.1. The molecule has 7 heteroatoms. The van der Waals surface area contributed by atoms with Gasteiger partial charge in [-0.1, -0.05) is 26.0 Å². The highest BCUT2D eigenvalue weighted by molar-refractivity contribution is 7.46. The van der Waals surface area contributed by atoms with E-state index in [0.29, 0.717) is 17.7 Å². The first kappa shape index (κ1) is 15.9. The third-order valence-corrected chi connectivity index (χ3v) is 2.60. The summed E-state index contributed by atoms with van der Waals surface area (Å²) in [6.45, 7) is 4.01. The van der Waals surface area contributed by atoms with E-state index in [2.05, 4.69) is 4.52 Å². The van der Waals surface area contributed by atoms with Crippen molar-refractivity contribution in [2.45, 2.75) is 20.5 Å². The Morgan fingerprint density at radius 2 is 1.84 bits per heavy atom. The maximum absolute atomic E-state index is 11.6. The number of carbonyl (C=O) groups is 1. The molecule has 2 N–H and O–H groups in total. The monoisotopic (exact) mass is 288 g/mol. The summed E-state index contributed by atoms with van der Waals surface area (Å²) in [7, 11) is -4.48. The van der Waals surface area contributed by atoms with Gasteiger partial charge in [0.25, 0.3) is 0 Å². The van der Waals surface area contributed by atoms with Gasteiger partial charge in [0.15, 0.2) is 0 Å². The molecule has 0 spiro atoms. The summed E-state index contributed by atoms with van der Waals surface area (Å²) in [6, 6.07) is 6.17. The molecular formula is C12H17O6P. The Balaban J connectivity index is 2.56. The predicted octanol–water partition coefficient (Wildman–Crippen LogP) is 2.11. The van der Waals surface area contributed by atoms with E-state index in [9.17, 15) is 9.36 Å². The van der Waals surface area contributed by atoms with Crippen molar-refractivity contribution in [1.82, 2.24) is 0 Å². The van der Waals surface area contributed by atoms with Crippen LogP contribution >= 0.6 is 7.82 Å². The third kappa shape index (κ3) is 6.50. The van der Waals surface area contributed by atoms with Gasteiger partial charge in [0, 0.05) is 0 Å². The summed E-state index contributed by atoms with van der Waals surface area (Å²) < 4.78 is 19.9. The number of phosphoric acid groups is 1. The van der Waals surface area contributed by atoms with Crippen LogP contribution in [0.15, 0.2) is 24.3 Å². The van der Waals surface area contributed by atoms with E-state index in [4.69, 9.17) is 14.5 Å².